The fourth-order valence-electron chi connectivity index (χ4n) is 4.88. The number of benzene rings is 2. The van der Waals surface area contributed by atoms with E-state index in [2.05, 4.69) is 53.9 Å². The van der Waals surface area contributed by atoms with E-state index in [-0.39, 0.29) is 5.82 Å². The van der Waals surface area contributed by atoms with Crippen LogP contribution in [0.2, 0.25) is 0 Å². The Kier molecular flexibility index (Phi) is 3.54. The Bertz CT molecular complexity index is 1010. The summed E-state index contributed by atoms with van der Waals surface area (Å²) in [4.78, 5) is 2.57. The Morgan fingerprint density at radius 1 is 1.08 bits per heavy atom. The second-order valence-corrected chi connectivity index (χ2v) is 7.68. The average Bonchev–Trinajstić information content (AvgIpc) is 3.07. The van der Waals surface area contributed by atoms with Gasteiger partial charge in [0.1, 0.15) is 5.82 Å². The van der Waals surface area contributed by atoms with E-state index in [4.69, 9.17) is 0 Å². The zero-order valence-corrected chi connectivity index (χ0v) is 15.2. The van der Waals surface area contributed by atoms with Crippen molar-refractivity contribution in [3.63, 3.8) is 0 Å². The van der Waals surface area contributed by atoms with E-state index in [0.29, 0.717) is 12.1 Å². The lowest BCUT2D eigenvalue weighted by Gasteiger charge is -2.32. The van der Waals surface area contributed by atoms with Crippen molar-refractivity contribution >= 4 is 22.7 Å². The molecule has 5 rings (SSSR count). The van der Waals surface area contributed by atoms with Crippen LogP contribution in [-0.4, -0.2) is 22.6 Å². The molecular weight excluding hydrogens is 323 g/mol. The standard InChI is InChI=1S/C23H23FN2/c1-15(16-7-9-17(24)10-8-16)14-26-20-6-4-3-5-19(20)23-21-12-11-18(25(21)2)13-22(23)26/h3-10,14,18,21H,11-13H2,1-2H3/b15-14-/t18-,21+/m0/s1. The number of allylic oxidation sites excluding steroid dienone is 1. The van der Waals surface area contributed by atoms with Gasteiger partial charge in [-0.3, -0.25) is 4.90 Å². The molecule has 2 aromatic carbocycles. The fourth-order valence-corrected chi connectivity index (χ4v) is 4.88. The van der Waals surface area contributed by atoms with Crippen molar-refractivity contribution in [2.75, 3.05) is 7.05 Å². The number of para-hydroxylation sites is 1. The van der Waals surface area contributed by atoms with Gasteiger partial charge in [-0.25, -0.2) is 4.39 Å². The first-order chi connectivity index (χ1) is 12.6. The minimum atomic E-state index is -0.190. The first-order valence-electron chi connectivity index (χ1n) is 9.41. The van der Waals surface area contributed by atoms with Crippen molar-refractivity contribution in [3.8, 4) is 0 Å². The van der Waals surface area contributed by atoms with Gasteiger partial charge >= 0.3 is 0 Å². The van der Waals surface area contributed by atoms with Crippen LogP contribution >= 0.6 is 0 Å². The maximum atomic E-state index is 13.3. The molecule has 3 heteroatoms. The molecular formula is C23H23FN2. The van der Waals surface area contributed by atoms with Gasteiger partial charge in [0.2, 0.25) is 0 Å². The molecule has 2 aliphatic rings. The highest BCUT2D eigenvalue weighted by atomic mass is 19.1. The second kappa shape index (κ2) is 5.82. The lowest BCUT2D eigenvalue weighted by atomic mass is 9.97. The van der Waals surface area contributed by atoms with Gasteiger partial charge in [-0.2, -0.15) is 0 Å². The molecule has 26 heavy (non-hydrogen) atoms. The van der Waals surface area contributed by atoms with Gasteiger partial charge in [-0.05, 0) is 61.7 Å². The molecule has 2 bridgehead atoms. The van der Waals surface area contributed by atoms with Crippen LogP contribution in [0.15, 0.2) is 48.5 Å². The van der Waals surface area contributed by atoms with Crippen molar-refractivity contribution in [1.82, 2.24) is 9.47 Å². The summed E-state index contributed by atoms with van der Waals surface area (Å²) < 4.78 is 15.7. The fraction of sp³-hybridized carbons (Fsp3) is 0.304. The molecule has 0 amide bonds. The van der Waals surface area contributed by atoms with Crippen LogP contribution in [-0.2, 0) is 6.42 Å². The molecule has 2 atom stereocenters. The predicted octanol–water partition coefficient (Wildman–Crippen LogP) is 5.49. The van der Waals surface area contributed by atoms with Crippen LogP contribution in [0.5, 0.6) is 0 Å². The van der Waals surface area contributed by atoms with E-state index in [9.17, 15) is 4.39 Å². The summed E-state index contributed by atoms with van der Waals surface area (Å²) >= 11 is 0. The monoisotopic (exact) mass is 346 g/mol. The number of fused-ring (bicyclic) bond motifs is 6. The van der Waals surface area contributed by atoms with Crippen molar-refractivity contribution in [3.05, 3.63) is 71.2 Å². The third kappa shape index (κ3) is 2.27. The molecule has 0 saturated carbocycles. The lowest BCUT2D eigenvalue weighted by molar-refractivity contribution is 0.223. The van der Waals surface area contributed by atoms with Crippen molar-refractivity contribution in [1.29, 1.82) is 0 Å². The van der Waals surface area contributed by atoms with Crippen LogP contribution in [0.1, 0.15) is 42.6 Å². The molecule has 0 aliphatic carbocycles. The van der Waals surface area contributed by atoms with E-state index in [1.165, 1.54) is 47.1 Å². The first-order valence-corrected chi connectivity index (χ1v) is 9.41. The van der Waals surface area contributed by atoms with Crippen LogP contribution in [0.3, 0.4) is 0 Å². The number of rotatable bonds is 2. The smallest absolute Gasteiger partial charge is 0.123 e. The lowest BCUT2D eigenvalue weighted by Crippen LogP contribution is -2.34. The Morgan fingerprint density at radius 3 is 2.65 bits per heavy atom. The number of likely N-dealkylation sites (N-methyl/N-ethyl adjacent to an activating group) is 1. The molecule has 3 heterocycles. The molecule has 1 fully saturated rings. The molecule has 1 saturated heterocycles. The average molecular weight is 346 g/mol. The van der Waals surface area contributed by atoms with Gasteiger partial charge in [0.15, 0.2) is 0 Å². The predicted molar refractivity (Wildman–Crippen MR) is 105 cm³/mol. The quantitative estimate of drug-likeness (QED) is 0.596. The summed E-state index contributed by atoms with van der Waals surface area (Å²) in [5.74, 6) is -0.190. The van der Waals surface area contributed by atoms with Gasteiger partial charge in [0, 0.05) is 35.8 Å². The van der Waals surface area contributed by atoms with E-state index in [0.717, 1.165) is 17.6 Å². The van der Waals surface area contributed by atoms with Crippen LogP contribution in [0.25, 0.3) is 22.7 Å². The summed E-state index contributed by atoms with van der Waals surface area (Å²) in [6, 6.07) is 16.7. The molecule has 1 aromatic heterocycles. The van der Waals surface area contributed by atoms with Crippen molar-refractivity contribution < 1.29 is 4.39 Å². The Labute approximate surface area is 153 Å². The van der Waals surface area contributed by atoms with Gasteiger partial charge in [0.05, 0.1) is 5.52 Å². The second-order valence-electron chi connectivity index (χ2n) is 7.68. The molecule has 0 radical (unpaired) electrons. The highest BCUT2D eigenvalue weighted by Gasteiger charge is 2.40. The summed E-state index contributed by atoms with van der Waals surface area (Å²) in [5.41, 5.74) is 6.46. The normalized spacial score (nSPS) is 22.8. The highest BCUT2D eigenvalue weighted by Crippen LogP contribution is 2.47. The molecule has 2 nitrogen and oxygen atoms in total. The Hall–Kier alpha value is -2.39. The molecule has 132 valence electrons. The maximum absolute atomic E-state index is 13.3. The van der Waals surface area contributed by atoms with Crippen LogP contribution in [0.4, 0.5) is 4.39 Å². The van der Waals surface area contributed by atoms with Gasteiger partial charge in [-0.1, -0.05) is 30.3 Å². The Balaban J connectivity index is 1.71. The molecule has 3 aromatic rings. The largest absolute Gasteiger partial charge is 0.320 e. The number of hydrogen-bond acceptors (Lipinski definition) is 1. The van der Waals surface area contributed by atoms with Gasteiger partial charge in [-0.15, -0.1) is 0 Å². The number of halogens is 1. The maximum Gasteiger partial charge on any atom is 0.123 e. The topological polar surface area (TPSA) is 8.17 Å². The minimum absolute atomic E-state index is 0.190. The molecule has 0 N–H and O–H groups in total. The zero-order valence-electron chi connectivity index (χ0n) is 15.2. The molecule has 0 spiro atoms. The number of aromatic nitrogens is 1. The third-order valence-corrected chi connectivity index (χ3v) is 6.28. The van der Waals surface area contributed by atoms with E-state index >= 15 is 0 Å². The zero-order chi connectivity index (χ0) is 17.8. The molecule has 2 aliphatic heterocycles. The van der Waals surface area contributed by atoms with Crippen molar-refractivity contribution in [2.24, 2.45) is 0 Å². The molecule has 0 unspecified atom stereocenters. The van der Waals surface area contributed by atoms with Crippen molar-refractivity contribution in [2.45, 2.75) is 38.3 Å². The third-order valence-electron chi connectivity index (χ3n) is 6.28. The first kappa shape index (κ1) is 15.8. The summed E-state index contributed by atoms with van der Waals surface area (Å²) in [6.07, 6.45) is 5.87. The van der Waals surface area contributed by atoms with E-state index < -0.39 is 0 Å². The SMILES string of the molecule is C/C(=C/n1c2c(c3ccccc31)[C@H]1CC[C@@H](C2)N1C)c1ccc(F)cc1. The number of hydrogen-bond donors (Lipinski definition) is 0. The number of nitrogens with zero attached hydrogens (tertiary/aromatic N) is 2. The summed E-state index contributed by atoms with van der Waals surface area (Å²) in [6.45, 7) is 2.11. The Morgan fingerprint density at radius 2 is 1.85 bits per heavy atom. The van der Waals surface area contributed by atoms with Gasteiger partial charge < -0.3 is 4.57 Å². The summed E-state index contributed by atoms with van der Waals surface area (Å²) in [5, 5.41) is 1.38. The van der Waals surface area contributed by atoms with Crippen LogP contribution < -0.4 is 0 Å². The highest BCUT2D eigenvalue weighted by molar-refractivity contribution is 5.90. The van der Waals surface area contributed by atoms with Crippen LogP contribution in [0, 0.1) is 5.82 Å². The minimum Gasteiger partial charge on any atom is -0.320 e. The van der Waals surface area contributed by atoms with Gasteiger partial charge in [0.25, 0.3) is 0 Å². The van der Waals surface area contributed by atoms with E-state index in [1.807, 2.05) is 12.1 Å². The van der Waals surface area contributed by atoms with E-state index in [1.54, 1.807) is 0 Å². The summed E-state index contributed by atoms with van der Waals surface area (Å²) in [7, 11) is 2.27.